The fraction of sp³-hybridized carbons (Fsp3) is 0.684. The largest absolute Gasteiger partial charge is 0.459 e. The Morgan fingerprint density at radius 3 is 2.68 bits per heavy atom. The number of nitrogens with zero attached hydrogens (tertiary/aromatic N) is 1. The number of H-pyrrole nitrogens is 1. The van der Waals surface area contributed by atoms with Gasteiger partial charge in [0.2, 0.25) is 0 Å². The van der Waals surface area contributed by atoms with Gasteiger partial charge >= 0.3 is 5.97 Å². The van der Waals surface area contributed by atoms with Crippen LogP contribution in [-0.4, -0.2) is 53.2 Å². The average Bonchev–Trinajstić information content (AvgIpc) is 2.87. The SMILES string of the molecule is Cc1[nH]c(C(=O)N2CCO[C@H]3CCCC[C@@H]32)c(C)c1C(=O)OC(C)C. The molecule has 6 heteroatoms. The Hall–Kier alpha value is -1.82. The number of ether oxygens (including phenoxy) is 2. The van der Waals surface area contributed by atoms with Crippen LogP contribution in [0, 0.1) is 13.8 Å². The fourth-order valence-electron chi connectivity index (χ4n) is 4.04. The minimum Gasteiger partial charge on any atom is -0.459 e. The van der Waals surface area contributed by atoms with Gasteiger partial charge in [-0.25, -0.2) is 4.79 Å². The first-order valence-electron chi connectivity index (χ1n) is 9.23. The van der Waals surface area contributed by atoms with Gasteiger partial charge in [-0.3, -0.25) is 4.79 Å². The summed E-state index contributed by atoms with van der Waals surface area (Å²) < 4.78 is 11.2. The van der Waals surface area contributed by atoms with Gasteiger partial charge in [0.05, 0.1) is 30.4 Å². The summed E-state index contributed by atoms with van der Waals surface area (Å²) in [5.74, 6) is -0.415. The van der Waals surface area contributed by atoms with Crippen molar-refractivity contribution in [3.05, 3.63) is 22.5 Å². The lowest BCUT2D eigenvalue weighted by molar-refractivity contribution is -0.0754. The molecule has 0 aromatic carbocycles. The number of esters is 1. The van der Waals surface area contributed by atoms with Crippen LogP contribution in [0.4, 0.5) is 0 Å². The van der Waals surface area contributed by atoms with Crippen LogP contribution in [0.2, 0.25) is 0 Å². The van der Waals surface area contributed by atoms with E-state index < -0.39 is 0 Å². The van der Waals surface area contributed by atoms with E-state index in [1.54, 1.807) is 0 Å². The molecular weight excluding hydrogens is 320 g/mol. The average molecular weight is 348 g/mol. The number of amides is 1. The van der Waals surface area contributed by atoms with Gasteiger partial charge in [0.25, 0.3) is 5.91 Å². The van der Waals surface area contributed by atoms with E-state index in [9.17, 15) is 9.59 Å². The number of nitrogens with one attached hydrogen (secondary N) is 1. The van der Waals surface area contributed by atoms with E-state index >= 15 is 0 Å². The molecule has 1 aliphatic carbocycles. The predicted molar refractivity (Wildman–Crippen MR) is 93.9 cm³/mol. The number of aryl methyl sites for hydroxylation is 1. The second-order valence-electron chi connectivity index (χ2n) is 7.34. The number of rotatable bonds is 3. The Morgan fingerprint density at radius 2 is 1.96 bits per heavy atom. The molecule has 2 atom stereocenters. The van der Waals surface area contributed by atoms with E-state index in [1.165, 1.54) is 0 Å². The maximum absolute atomic E-state index is 13.2. The number of hydrogen-bond donors (Lipinski definition) is 1. The van der Waals surface area contributed by atoms with E-state index in [0.717, 1.165) is 25.7 Å². The molecule has 3 rings (SSSR count). The van der Waals surface area contributed by atoms with Crippen molar-refractivity contribution in [1.82, 2.24) is 9.88 Å². The number of fused-ring (bicyclic) bond motifs is 1. The molecular formula is C19H28N2O4. The monoisotopic (exact) mass is 348 g/mol. The lowest BCUT2D eigenvalue weighted by Crippen LogP contribution is -2.55. The van der Waals surface area contributed by atoms with E-state index in [0.29, 0.717) is 35.7 Å². The topological polar surface area (TPSA) is 71.6 Å². The van der Waals surface area contributed by atoms with Gasteiger partial charge in [-0.1, -0.05) is 12.8 Å². The molecule has 1 aromatic rings. The Morgan fingerprint density at radius 1 is 1.24 bits per heavy atom. The third kappa shape index (κ3) is 3.45. The van der Waals surface area contributed by atoms with Gasteiger partial charge in [-0.15, -0.1) is 0 Å². The van der Waals surface area contributed by atoms with Crippen molar-refractivity contribution in [3.63, 3.8) is 0 Å². The first kappa shape index (κ1) is 18.0. The van der Waals surface area contributed by atoms with Crippen LogP contribution >= 0.6 is 0 Å². The summed E-state index contributed by atoms with van der Waals surface area (Å²) in [6, 6.07) is 0.143. The Labute approximate surface area is 148 Å². The normalized spacial score (nSPS) is 23.5. The third-order valence-corrected chi connectivity index (χ3v) is 5.19. The number of carbonyl (C=O) groups excluding carboxylic acids is 2. The van der Waals surface area contributed by atoms with Crippen LogP contribution in [0.5, 0.6) is 0 Å². The molecule has 1 amide bonds. The van der Waals surface area contributed by atoms with Gasteiger partial charge in [0, 0.05) is 12.2 Å². The number of aromatic nitrogens is 1. The highest BCUT2D eigenvalue weighted by Gasteiger charge is 2.38. The molecule has 1 saturated heterocycles. The number of carbonyl (C=O) groups is 2. The number of aromatic amines is 1. The predicted octanol–water partition coefficient (Wildman–Crippen LogP) is 2.98. The summed E-state index contributed by atoms with van der Waals surface area (Å²) in [5.41, 5.74) is 2.33. The second-order valence-corrected chi connectivity index (χ2v) is 7.34. The highest BCUT2D eigenvalue weighted by molar-refractivity contribution is 6.00. The molecule has 2 heterocycles. The standard InChI is InChI=1S/C19H28N2O4/c1-11(2)25-19(23)16-12(3)17(20-13(16)4)18(22)21-9-10-24-15-8-6-5-7-14(15)21/h11,14-15,20H,5-10H2,1-4H3/t14-,15-/m0/s1. The molecule has 0 unspecified atom stereocenters. The zero-order valence-electron chi connectivity index (χ0n) is 15.6. The smallest absolute Gasteiger partial charge is 0.340 e. The van der Waals surface area contributed by atoms with Crippen molar-refractivity contribution in [2.45, 2.75) is 71.6 Å². The highest BCUT2D eigenvalue weighted by atomic mass is 16.5. The van der Waals surface area contributed by atoms with E-state index in [1.807, 2.05) is 32.6 Å². The van der Waals surface area contributed by atoms with Crippen molar-refractivity contribution < 1.29 is 19.1 Å². The summed E-state index contributed by atoms with van der Waals surface area (Å²) in [6.45, 7) is 8.43. The third-order valence-electron chi connectivity index (χ3n) is 5.19. The van der Waals surface area contributed by atoms with Crippen LogP contribution in [0.15, 0.2) is 0 Å². The van der Waals surface area contributed by atoms with E-state index in [-0.39, 0.29) is 30.1 Å². The van der Waals surface area contributed by atoms with Gasteiger partial charge in [0.15, 0.2) is 0 Å². The highest BCUT2D eigenvalue weighted by Crippen LogP contribution is 2.30. The van der Waals surface area contributed by atoms with E-state index in [2.05, 4.69) is 4.98 Å². The summed E-state index contributed by atoms with van der Waals surface area (Å²) in [5, 5.41) is 0. The zero-order valence-corrected chi connectivity index (χ0v) is 15.6. The molecule has 0 spiro atoms. The molecule has 6 nitrogen and oxygen atoms in total. The minimum atomic E-state index is -0.377. The fourth-order valence-corrected chi connectivity index (χ4v) is 4.04. The molecule has 0 radical (unpaired) electrons. The summed E-state index contributed by atoms with van der Waals surface area (Å²) in [6.07, 6.45) is 4.24. The lowest BCUT2D eigenvalue weighted by atomic mass is 9.90. The molecule has 1 N–H and O–H groups in total. The van der Waals surface area contributed by atoms with Crippen LogP contribution in [-0.2, 0) is 9.47 Å². The Bertz CT molecular complexity index is 663. The minimum absolute atomic E-state index is 0.0376. The molecule has 0 bridgehead atoms. The number of hydrogen-bond acceptors (Lipinski definition) is 4. The maximum atomic E-state index is 13.2. The molecule has 2 aliphatic rings. The van der Waals surface area contributed by atoms with Crippen LogP contribution in [0.1, 0.15) is 71.6 Å². The molecule has 1 aromatic heterocycles. The molecule has 138 valence electrons. The van der Waals surface area contributed by atoms with Crippen LogP contribution < -0.4 is 0 Å². The summed E-state index contributed by atoms with van der Waals surface area (Å²) in [4.78, 5) is 30.6. The van der Waals surface area contributed by atoms with Crippen LogP contribution in [0.3, 0.4) is 0 Å². The van der Waals surface area contributed by atoms with Gasteiger partial charge in [-0.05, 0) is 46.1 Å². The van der Waals surface area contributed by atoms with Crippen molar-refractivity contribution in [2.24, 2.45) is 0 Å². The van der Waals surface area contributed by atoms with Crippen molar-refractivity contribution in [3.8, 4) is 0 Å². The quantitative estimate of drug-likeness (QED) is 0.853. The van der Waals surface area contributed by atoms with Crippen molar-refractivity contribution >= 4 is 11.9 Å². The van der Waals surface area contributed by atoms with E-state index in [4.69, 9.17) is 9.47 Å². The first-order chi connectivity index (χ1) is 11.9. The van der Waals surface area contributed by atoms with Crippen LogP contribution in [0.25, 0.3) is 0 Å². The van der Waals surface area contributed by atoms with Gasteiger partial charge in [0.1, 0.15) is 5.69 Å². The summed E-state index contributed by atoms with van der Waals surface area (Å²) in [7, 11) is 0. The van der Waals surface area contributed by atoms with Gasteiger partial charge < -0.3 is 19.4 Å². The Balaban J connectivity index is 1.86. The molecule has 2 fully saturated rings. The van der Waals surface area contributed by atoms with Gasteiger partial charge in [-0.2, -0.15) is 0 Å². The molecule has 25 heavy (non-hydrogen) atoms. The second kappa shape index (κ2) is 7.20. The van der Waals surface area contributed by atoms with Crippen molar-refractivity contribution in [1.29, 1.82) is 0 Å². The maximum Gasteiger partial charge on any atom is 0.340 e. The summed E-state index contributed by atoms with van der Waals surface area (Å²) >= 11 is 0. The molecule has 1 aliphatic heterocycles. The zero-order chi connectivity index (χ0) is 18.1. The lowest BCUT2D eigenvalue weighted by Gasteiger charge is -2.43. The van der Waals surface area contributed by atoms with Crippen molar-refractivity contribution in [2.75, 3.05) is 13.2 Å². The first-order valence-corrected chi connectivity index (χ1v) is 9.23. The number of morpholine rings is 1. The Kier molecular flexibility index (Phi) is 5.18. The molecule has 1 saturated carbocycles.